The highest BCUT2D eigenvalue weighted by Gasteiger charge is 2.09. The van der Waals surface area contributed by atoms with Gasteiger partial charge in [0.15, 0.2) is 23.2 Å². The predicted octanol–water partition coefficient (Wildman–Crippen LogP) is 3.30. The highest BCUT2D eigenvalue weighted by atomic mass is 79.9. The van der Waals surface area contributed by atoms with Gasteiger partial charge in [-0.3, -0.25) is 10.2 Å². The van der Waals surface area contributed by atoms with Gasteiger partial charge < -0.3 is 20.5 Å². The van der Waals surface area contributed by atoms with Crippen molar-refractivity contribution in [3.8, 4) is 11.5 Å². The van der Waals surface area contributed by atoms with E-state index in [2.05, 4.69) is 44.0 Å². The highest BCUT2D eigenvalue weighted by Crippen LogP contribution is 2.28. The molecule has 0 spiro atoms. The zero-order valence-electron chi connectivity index (χ0n) is 14.2. The second-order valence-electron chi connectivity index (χ2n) is 5.11. The van der Waals surface area contributed by atoms with Crippen molar-refractivity contribution in [1.29, 1.82) is 0 Å². The quantitative estimate of drug-likeness (QED) is 0.326. The molecular weight excluding hydrogens is 456 g/mol. The molecule has 142 valence electrons. The molecule has 2 aromatic rings. The molecule has 0 aromatic heterocycles. The average Bonchev–Trinajstić information content (AvgIpc) is 2.63. The average molecular weight is 472 g/mol. The van der Waals surface area contributed by atoms with E-state index in [9.17, 15) is 4.79 Å². The standard InChI is InChI=1S/C17H16BrClN4O3S/c1-25-15-6-10(8-21-23-17(20)27)2-5-14(15)26-9-16(24)22-11-3-4-12(18)13(19)7-11/h2-8H,9H2,1H3,(H,22,24)(H3,20,23,27). The van der Waals surface area contributed by atoms with Crippen molar-refractivity contribution in [2.45, 2.75) is 0 Å². The lowest BCUT2D eigenvalue weighted by molar-refractivity contribution is -0.118. The molecule has 2 aromatic carbocycles. The van der Waals surface area contributed by atoms with Gasteiger partial charge in [0.1, 0.15) is 0 Å². The van der Waals surface area contributed by atoms with Crippen LogP contribution >= 0.6 is 39.7 Å². The number of ether oxygens (including phenoxy) is 2. The van der Waals surface area contributed by atoms with Crippen molar-refractivity contribution in [3.63, 3.8) is 0 Å². The van der Waals surface area contributed by atoms with Crippen molar-refractivity contribution in [2.75, 3.05) is 19.0 Å². The number of hydrogen-bond acceptors (Lipinski definition) is 5. The minimum atomic E-state index is -0.332. The first kappa shape index (κ1) is 20.9. The number of hydrazone groups is 1. The monoisotopic (exact) mass is 470 g/mol. The zero-order valence-corrected chi connectivity index (χ0v) is 17.3. The van der Waals surface area contributed by atoms with Gasteiger partial charge in [-0.15, -0.1) is 0 Å². The van der Waals surface area contributed by atoms with Crippen LogP contribution < -0.4 is 25.9 Å². The van der Waals surface area contributed by atoms with Gasteiger partial charge in [-0.1, -0.05) is 11.6 Å². The number of nitrogens with two attached hydrogens (primary N) is 1. The third kappa shape index (κ3) is 6.70. The number of nitrogens with zero attached hydrogens (tertiary/aromatic N) is 1. The Morgan fingerprint density at radius 2 is 2.11 bits per heavy atom. The van der Waals surface area contributed by atoms with Crippen LogP contribution in [0.15, 0.2) is 46.0 Å². The maximum absolute atomic E-state index is 12.1. The lowest BCUT2D eigenvalue weighted by atomic mass is 10.2. The molecule has 0 aliphatic heterocycles. The van der Waals surface area contributed by atoms with E-state index < -0.39 is 0 Å². The molecule has 0 atom stereocenters. The van der Waals surface area contributed by atoms with Crippen molar-refractivity contribution < 1.29 is 14.3 Å². The summed E-state index contributed by atoms with van der Waals surface area (Å²) in [6.07, 6.45) is 1.52. The molecule has 4 N–H and O–H groups in total. The molecule has 1 amide bonds. The number of amides is 1. The van der Waals surface area contributed by atoms with Gasteiger partial charge in [-0.2, -0.15) is 5.10 Å². The Bertz CT molecular complexity index is 879. The van der Waals surface area contributed by atoms with Gasteiger partial charge in [0.25, 0.3) is 5.91 Å². The van der Waals surface area contributed by atoms with Crippen molar-refractivity contribution in [2.24, 2.45) is 10.8 Å². The second-order valence-corrected chi connectivity index (χ2v) is 6.81. The predicted molar refractivity (Wildman–Crippen MR) is 114 cm³/mol. The maximum atomic E-state index is 12.1. The van der Waals surface area contributed by atoms with Gasteiger partial charge in [0, 0.05) is 10.2 Å². The van der Waals surface area contributed by atoms with E-state index in [4.69, 9.17) is 26.8 Å². The van der Waals surface area contributed by atoms with Crippen LogP contribution in [0, 0.1) is 0 Å². The molecular formula is C17H16BrClN4O3S. The fraction of sp³-hybridized carbons (Fsp3) is 0.118. The number of anilines is 1. The van der Waals surface area contributed by atoms with Gasteiger partial charge in [0.05, 0.1) is 18.3 Å². The third-order valence-corrected chi connectivity index (χ3v) is 4.46. The van der Waals surface area contributed by atoms with E-state index in [-0.39, 0.29) is 17.6 Å². The number of carbonyl (C=O) groups is 1. The van der Waals surface area contributed by atoms with Crippen LogP contribution in [0.1, 0.15) is 5.56 Å². The van der Waals surface area contributed by atoms with Crippen LogP contribution in [0.2, 0.25) is 5.02 Å². The smallest absolute Gasteiger partial charge is 0.262 e. The Morgan fingerprint density at radius 1 is 1.33 bits per heavy atom. The van der Waals surface area contributed by atoms with E-state index >= 15 is 0 Å². The SMILES string of the molecule is COc1cc(C=NNC(N)=S)ccc1OCC(=O)Nc1ccc(Br)c(Cl)c1. The minimum Gasteiger partial charge on any atom is -0.493 e. The number of benzene rings is 2. The van der Waals surface area contributed by atoms with Crippen LogP contribution in [0.4, 0.5) is 5.69 Å². The van der Waals surface area contributed by atoms with Crippen LogP contribution in [-0.4, -0.2) is 31.0 Å². The molecule has 0 radical (unpaired) electrons. The summed E-state index contributed by atoms with van der Waals surface area (Å²) in [4.78, 5) is 12.1. The molecule has 0 saturated carbocycles. The molecule has 0 aliphatic rings. The third-order valence-electron chi connectivity index (χ3n) is 3.14. The summed E-state index contributed by atoms with van der Waals surface area (Å²) < 4.78 is 11.6. The first-order valence-corrected chi connectivity index (χ1v) is 9.11. The highest BCUT2D eigenvalue weighted by molar-refractivity contribution is 9.10. The molecule has 0 aliphatic carbocycles. The molecule has 10 heteroatoms. The summed E-state index contributed by atoms with van der Waals surface area (Å²) in [6.45, 7) is -0.194. The second kappa shape index (κ2) is 10.1. The molecule has 7 nitrogen and oxygen atoms in total. The van der Waals surface area contributed by atoms with E-state index in [1.54, 1.807) is 36.4 Å². The van der Waals surface area contributed by atoms with Gasteiger partial charge in [-0.05, 0) is 70.1 Å². The molecule has 0 saturated heterocycles. The summed E-state index contributed by atoms with van der Waals surface area (Å²) in [5, 5.41) is 7.13. The molecule has 2 rings (SSSR count). The number of thiocarbonyl (C=S) groups is 1. The van der Waals surface area contributed by atoms with Crippen LogP contribution in [0.25, 0.3) is 0 Å². The lowest BCUT2D eigenvalue weighted by Gasteiger charge is -2.11. The largest absolute Gasteiger partial charge is 0.493 e. The Balaban J connectivity index is 1.97. The van der Waals surface area contributed by atoms with E-state index in [0.29, 0.717) is 22.2 Å². The Kier molecular flexibility index (Phi) is 7.83. The minimum absolute atomic E-state index is 0.0660. The normalized spacial score (nSPS) is 10.5. The first-order chi connectivity index (χ1) is 12.9. The first-order valence-electron chi connectivity index (χ1n) is 7.53. The van der Waals surface area contributed by atoms with Crippen molar-refractivity contribution in [3.05, 3.63) is 51.5 Å². The topological polar surface area (TPSA) is 98.0 Å². The van der Waals surface area contributed by atoms with Gasteiger partial charge in [-0.25, -0.2) is 0 Å². The number of carbonyl (C=O) groups excluding carboxylic acids is 1. The molecule has 0 heterocycles. The number of methoxy groups -OCH3 is 1. The molecule has 0 bridgehead atoms. The van der Waals surface area contributed by atoms with Crippen molar-refractivity contribution >= 4 is 62.7 Å². The lowest BCUT2D eigenvalue weighted by Crippen LogP contribution is -2.24. The fourth-order valence-corrected chi connectivity index (χ4v) is 2.45. The fourth-order valence-electron chi connectivity index (χ4n) is 1.97. The molecule has 0 fully saturated rings. The Morgan fingerprint density at radius 3 is 2.78 bits per heavy atom. The Labute approximate surface area is 175 Å². The maximum Gasteiger partial charge on any atom is 0.262 e. The van der Waals surface area contributed by atoms with Gasteiger partial charge in [0.2, 0.25) is 0 Å². The number of halogens is 2. The number of rotatable bonds is 7. The summed E-state index contributed by atoms with van der Waals surface area (Å²) in [6, 6.07) is 10.2. The molecule has 0 unspecified atom stereocenters. The van der Waals surface area contributed by atoms with E-state index in [1.807, 2.05) is 0 Å². The van der Waals surface area contributed by atoms with Crippen LogP contribution in [-0.2, 0) is 4.79 Å². The number of hydrogen-bond donors (Lipinski definition) is 3. The summed E-state index contributed by atoms with van der Waals surface area (Å²) in [5.74, 6) is 0.538. The summed E-state index contributed by atoms with van der Waals surface area (Å²) in [5.41, 5.74) is 9.05. The summed E-state index contributed by atoms with van der Waals surface area (Å²) in [7, 11) is 1.50. The summed E-state index contributed by atoms with van der Waals surface area (Å²) >= 11 is 14.0. The van der Waals surface area contributed by atoms with E-state index in [1.165, 1.54) is 13.3 Å². The van der Waals surface area contributed by atoms with Crippen molar-refractivity contribution in [1.82, 2.24) is 5.43 Å². The van der Waals surface area contributed by atoms with Crippen LogP contribution in [0.3, 0.4) is 0 Å². The Hall–Kier alpha value is -2.36. The van der Waals surface area contributed by atoms with Gasteiger partial charge >= 0.3 is 0 Å². The number of nitrogens with one attached hydrogen (secondary N) is 2. The zero-order chi connectivity index (χ0) is 19.8. The molecule has 27 heavy (non-hydrogen) atoms. The van der Waals surface area contributed by atoms with E-state index in [0.717, 1.165) is 10.0 Å². The van der Waals surface area contributed by atoms with Crippen LogP contribution in [0.5, 0.6) is 11.5 Å².